The maximum atomic E-state index is 11.5. The van der Waals surface area contributed by atoms with Crippen molar-refractivity contribution < 1.29 is 9.53 Å². The number of hydrogen-bond donors (Lipinski definition) is 2. The number of nitrogens with two attached hydrogens (primary N) is 1. The molecule has 23 heavy (non-hydrogen) atoms. The van der Waals surface area contributed by atoms with Crippen LogP contribution in [0, 0.1) is 5.41 Å². The zero-order chi connectivity index (χ0) is 16.9. The van der Waals surface area contributed by atoms with E-state index in [1.54, 1.807) is 6.92 Å². The van der Waals surface area contributed by atoms with Gasteiger partial charge in [0, 0.05) is 17.1 Å². The Labute approximate surface area is 137 Å². The van der Waals surface area contributed by atoms with E-state index in [2.05, 4.69) is 19.2 Å². The summed E-state index contributed by atoms with van der Waals surface area (Å²) in [7, 11) is 0. The summed E-state index contributed by atoms with van der Waals surface area (Å²) in [6.45, 7) is 6.78. The first-order valence-corrected chi connectivity index (χ1v) is 7.91. The Morgan fingerprint density at radius 2 is 2.00 bits per heavy atom. The van der Waals surface area contributed by atoms with Gasteiger partial charge in [0.2, 0.25) is 0 Å². The average molecular weight is 315 g/mol. The van der Waals surface area contributed by atoms with Crippen LogP contribution in [0.4, 0.5) is 11.4 Å². The molecule has 5 nitrogen and oxygen atoms in total. The van der Waals surface area contributed by atoms with E-state index in [-0.39, 0.29) is 17.9 Å². The van der Waals surface area contributed by atoms with Crippen molar-refractivity contribution in [1.82, 2.24) is 5.32 Å². The van der Waals surface area contributed by atoms with E-state index in [0.29, 0.717) is 6.61 Å². The predicted octanol–water partition coefficient (Wildman–Crippen LogP) is 3.20. The first-order chi connectivity index (χ1) is 10.9. The number of benzene rings is 1. The van der Waals surface area contributed by atoms with Gasteiger partial charge in [0.15, 0.2) is 0 Å². The highest BCUT2D eigenvalue weighted by atomic mass is 16.5. The van der Waals surface area contributed by atoms with Crippen LogP contribution in [0.25, 0.3) is 0 Å². The molecule has 3 N–H and O–H groups in total. The first-order valence-electron chi connectivity index (χ1n) is 7.91. The minimum atomic E-state index is -0.242. The van der Waals surface area contributed by atoms with Crippen molar-refractivity contribution in [2.24, 2.45) is 10.4 Å². The topological polar surface area (TPSA) is 76.7 Å². The molecule has 0 atom stereocenters. The Balaban J connectivity index is 2.13. The molecule has 0 radical (unpaired) electrons. The molecule has 0 aromatic heterocycles. The molecule has 5 heteroatoms. The number of esters is 1. The van der Waals surface area contributed by atoms with Gasteiger partial charge in [0.1, 0.15) is 6.54 Å². The van der Waals surface area contributed by atoms with Crippen LogP contribution in [-0.4, -0.2) is 24.8 Å². The lowest BCUT2D eigenvalue weighted by Crippen LogP contribution is -2.31. The second kappa shape index (κ2) is 7.31. The third kappa shape index (κ3) is 5.43. The van der Waals surface area contributed by atoms with Crippen LogP contribution in [0.5, 0.6) is 0 Å². The monoisotopic (exact) mass is 315 g/mol. The molecule has 1 aromatic rings. The molecular formula is C18H25N3O2. The van der Waals surface area contributed by atoms with Gasteiger partial charge < -0.3 is 15.8 Å². The lowest BCUT2D eigenvalue weighted by atomic mass is 9.78. The first kappa shape index (κ1) is 17.1. The average Bonchev–Trinajstić information content (AvgIpc) is 2.46. The van der Waals surface area contributed by atoms with Gasteiger partial charge in [-0.15, -0.1) is 0 Å². The molecule has 0 heterocycles. The van der Waals surface area contributed by atoms with Crippen molar-refractivity contribution in [3.8, 4) is 0 Å². The third-order valence-electron chi connectivity index (χ3n) is 3.60. The number of aliphatic imine (C=N–C) groups is 1. The lowest BCUT2D eigenvalue weighted by Gasteiger charge is -2.31. The van der Waals surface area contributed by atoms with Crippen LogP contribution in [-0.2, 0) is 9.53 Å². The number of carbonyl (C=O) groups is 1. The van der Waals surface area contributed by atoms with Crippen molar-refractivity contribution in [3.63, 3.8) is 0 Å². The van der Waals surface area contributed by atoms with Gasteiger partial charge in [-0.25, -0.2) is 0 Å². The van der Waals surface area contributed by atoms with Crippen LogP contribution >= 0.6 is 0 Å². The van der Waals surface area contributed by atoms with Crippen LogP contribution in [0.3, 0.4) is 0 Å². The summed E-state index contributed by atoms with van der Waals surface area (Å²) in [4.78, 5) is 16.2. The quantitative estimate of drug-likeness (QED) is 0.646. The summed E-state index contributed by atoms with van der Waals surface area (Å²) in [6.07, 6.45) is 3.80. The maximum absolute atomic E-state index is 11.5. The van der Waals surface area contributed by atoms with Crippen molar-refractivity contribution >= 4 is 23.1 Å². The zero-order valence-corrected chi connectivity index (χ0v) is 14.1. The van der Waals surface area contributed by atoms with Crippen molar-refractivity contribution in [2.45, 2.75) is 33.6 Å². The SMILES string of the molecule is CCOC(=O)CNC1=C/C(=N/c2ccc(N)cc2)CC(C)(C)C1. The number of ether oxygens (including phenoxy) is 1. The van der Waals surface area contributed by atoms with E-state index in [4.69, 9.17) is 15.5 Å². The molecule has 2 rings (SSSR count). The van der Waals surface area contributed by atoms with Crippen LogP contribution in [0.2, 0.25) is 0 Å². The van der Waals surface area contributed by atoms with E-state index in [9.17, 15) is 4.79 Å². The fourth-order valence-corrected chi connectivity index (χ4v) is 2.67. The van der Waals surface area contributed by atoms with E-state index < -0.39 is 0 Å². The van der Waals surface area contributed by atoms with Gasteiger partial charge in [-0.2, -0.15) is 0 Å². The summed E-state index contributed by atoms with van der Waals surface area (Å²) in [6, 6.07) is 7.50. The summed E-state index contributed by atoms with van der Waals surface area (Å²) in [5.74, 6) is -0.242. The van der Waals surface area contributed by atoms with Gasteiger partial charge >= 0.3 is 5.97 Å². The Bertz CT molecular complexity index is 616. The van der Waals surface area contributed by atoms with Gasteiger partial charge in [0.05, 0.1) is 12.3 Å². The largest absolute Gasteiger partial charge is 0.465 e. The molecule has 0 saturated carbocycles. The summed E-state index contributed by atoms with van der Waals surface area (Å²) < 4.78 is 4.95. The molecule has 0 fully saturated rings. The number of rotatable bonds is 5. The second-order valence-corrected chi connectivity index (χ2v) is 6.54. The van der Waals surface area contributed by atoms with E-state index in [0.717, 1.165) is 35.6 Å². The number of carbonyl (C=O) groups excluding carboxylic acids is 1. The number of nitrogen functional groups attached to an aromatic ring is 1. The zero-order valence-electron chi connectivity index (χ0n) is 14.1. The smallest absolute Gasteiger partial charge is 0.325 e. The van der Waals surface area contributed by atoms with Crippen LogP contribution in [0.15, 0.2) is 41.0 Å². The van der Waals surface area contributed by atoms with Crippen molar-refractivity contribution in [3.05, 3.63) is 36.0 Å². The lowest BCUT2D eigenvalue weighted by molar-refractivity contribution is -0.141. The summed E-state index contributed by atoms with van der Waals surface area (Å²) in [5, 5.41) is 3.17. The third-order valence-corrected chi connectivity index (χ3v) is 3.60. The minimum absolute atomic E-state index is 0.0956. The van der Waals surface area contributed by atoms with Crippen LogP contribution in [0.1, 0.15) is 33.6 Å². The molecular weight excluding hydrogens is 290 g/mol. The molecule has 0 unspecified atom stereocenters. The van der Waals surface area contributed by atoms with Crippen LogP contribution < -0.4 is 11.1 Å². The van der Waals surface area contributed by atoms with Gasteiger partial charge in [0.25, 0.3) is 0 Å². The van der Waals surface area contributed by atoms with E-state index in [1.165, 1.54) is 0 Å². The number of allylic oxidation sites excluding steroid dienone is 2. The highest BCUT2D eigenvalue weighted by Crippen LogP contribution is 2.34. The molecule has 0 bridgehead atoms. The fraction of sp³-hybridized carbons (Fsp3) is 0.444. The minimum Gasteiger partial charge on any atom is -0.465 e. The van der Waals surface area contributed by atoms with E-state index in [1.807, 2.05) is 30.3 Å². The molecule has 0 spiro atoms. The highest BCUT2D eigenvalue weighted by molar-refractivity contribution is 5.98. The fourth-order valence-electron chi connectivity index (χ4n) is 2.67. The molecule has 0 saturated heterocycles. The molecule has 1 aliphatic carbocycles. The number of hydrogen-bond acceptors (Lipinski definition) is 5. The van der Waals surface area contributed by atoms with Gasteiger partial charge in [-0.1, -0.05) is 13.8 Å². The predicted molar refractivity (Wildman–Crippen MR) is 93.7 cm³/mol. The number of nitrogens with zero attached hydrogens (tertiary/aromatic N) is 1. The highest BCUT2D eigenvalue weighted by Gasteiger charge is 2.26. The molecule has 0 amide bonds. The Morgan fingerprint density at radius 1 is 1.30 bits per heavy atom. The molecule has 1 aliphatic rings. The van der Waals surface area contributed by atoms with Gasteiger partial charge in [-0.05, 0) is 55.5 Å². The van der Waals surface area contributed by atoms with Crippen molar-refractivity contribution in [1.29, 1.82) is 0 Å². The Hall–Kier alpha value is -2.30. The maximum Gasteiger partial charge on any atom is 0.325 e. The molecule has 0 aliphatic heterocycles. The second-order valence-electron chi connectivity index (χ2n) is 6.54. The van der Waals surface area contributed by atoms with E-state index >= 15 is 0 Å². The normalized spacial score (nSPS) is 18.4. The Kier molecular flexibility index (Phi) is 5.42. The number of anilines is 1. The summed E-state index contributed by atoms with van der Waals surface area (Å²) in [5.41, 5.74) is 9.42. The number of nitrogens with one attached hydrogen (secondary N) is 1. The molecule has 1 aromatic carbocycles. The van der Waals surface area contributed by atoms with Crippen molar-refractivity contribution in [2.75, 3.05) is 18.9 Å². The molecule has 124 valence electrons. The summed E-state index contributed by atoms with van der Waals surface area (Å²) >= 11 is 0. The standard InChI is InChI=1S/C18H25N3O2/c1-4-23-17(22)12-20-15-9-16(11-18(2,3)10-15)21-14-7-5-13(19)6-8-14/h5-9,20H,4,10-12,19H2,1-3H3/b21-16-. The van der Waals surface area contributed by atoms with Gasteiger partial charge in [-0.3, -0.25) is 9.79 Å². The Morgan fingerprint density at radius 3 is 2.65 bits per heavy atom.